The van der Waals surface area contributed by atoms with E-state index in [1.807, 2.05) is 0 Å². The number of nitro groups is 1. The minimum absolute atomic E-state index is 0.0154. The Kier molecular flexibility index (Phi) is 4.66. The van der Waals surface area contributed by atoms with Crippen molar-refractivity contribution in [1.29, 1.82) is 0 Å². The molecule has 0 aliphatic carbocycles. The monoisotopic (exact) mass is 356 g/mol. The van der Waals surface area contributed by atoms with Gasteiger partial charge >= 0.3 is 5.69 Å². The third kappa shape index (κ3) is 3.44. The van der Waals surface area contributed by atoms with Crippen molar-refractivity contribution in [1.82, 2.24) is 4.98 Å². The lowest BCUT2D eigenvalue weighted by Crippen LogP contribution is -2.12. The fourth-order valence-electron chi connectivity index (χ4n) is 1.66. The van der Waals surface area contributed by atoms with E-state index in [4.69, 9.17) is 10.6 Å². The largest absolute Gasteiger partial charge is 0.481 e. The van der Waals surface area contributed by atoms with E-state index >= 15 is 0 Å². The number of nitrogens with zero attached hydrogens (tertiary/aromatic N) is 2. The van der Waals surface area contributed by atoms with Crippen LogP contribution in [0.1, 0.15) is 5.56 Å². The van der Waals surface area contributed by atoms with Crippen molar-refractivity contribution in [2.75, 3.05) is 5.43 Å². The molecule has 21 heavy (non-hydrogen) atoms. The van der Waals surface area contributed by atoms with E-state index in [1.165, 1.54) is 6.20 Å². The lowest BCUT2D eigenvalue weighted by atomic mass is 10.2. The van der Waals surface area contributed by atoms with Crippen LogP contribution in [0.15, 0.2) is 34.9 Å². The number of hydrogen-bond acceptors (Lipinski definition) is 6. The number of nitrogens with one attached hydrogen (secondary N) is 1. The number of pyridine rings is 1. The summed E-state index contributed by atoms with van der Waals surface area (Å²) in [5, 5.41) is 11.0. The molecule has 9 heteroatoms. The summed E-state index contributed by atoms with van der Waals surface area (Å²) in [5.74, 6) is 4.91. The lowest BCUT2D eigenvalue weighted by Gasteiger charge is -2.11. The minimum atomic E-state index is -0.730. The number of hydrazine groups is 1. The molecule has 2 aromatic rings. The SMILES string of the molecule is NNc1ncccc1COc1c(Br)cc(F)cc1[N+](=O)[O-]. The highest BCUT2D eigenvalue weighted by Gasteiger charge is 2.21. The molecular formula is C12H10BrFN4O3. The van der Waals surface area contributed by atoms with Gasteiger partial charge in [-0.25, -0.2) is 15.2 Å². The number of anilines is 1. The molecule has 0 radical (unpaired) electrons. The van der Waals surface area contributed by atoms with Crippen molar-refractivity contribution < 1.29 is 14.1 Å². The molecule has 0 bridgehead atoms. The number of hydrogen-bond donors (Lipinski definition) is 2. The van der Waals surface area contributed by atoms with Gasteiger partial charge in [0, 0.05) is 11.8 Å². The topological polar surface area (TPSA) is 103 Å². The first-order chi connectivity index (χ1) is 10.0. The molecule has 1 heterocycles. The lowest BCUT2D eigenvalue weighted by molar-refractivity contribution is -0.386. The van der Waals surface area contributed by atoms with Crippen LogP contribution in [-0.2, 0) is 6.61 Å². The first-order valence-corrected chi connectivity index (χ1v) is 6.49. The standard InChI is InChI=1S/C12H10BrFN4O3/c13-9-4-8(14)5-10(18(19)20)11(9)21-6-7-2-1-3-16-12(7)17-15/h1-5H,6,15H2,(H,16,17). The molecule has 0 aliphatic rings. The van der Waals surface area contributed by atoms with E-state index in [0.29, 0.717) is 11.4 Å². The summed E-state index contributed by atoms with van der Waals surface area (Å²) in [6, 6.07) is 5.26. The normalized spacial score (nSPS) is 10.2. The Morgan fingerprint density at radius 2 is 2.29 bits per heavy atom. The van der Waals surface area contributed by atoms with Gasteiger partial charge in [0.25, 0.3) is 0 Å². The van der Waals surface area contributed by atoms with E-state index in [9.17, 15) is 14.5 Å². The average Bonchev–Trinajstić information content (AvgIpc) is 2.45. The van der Waals surface area contributed by atoms with E-state index in [2.05, 4.69) is 26.3 Å². The second-order valence-corrected chi connectivity index (χ2v) is 4.79. The minimum Gasteiger partial charge on any atom is -0.481 e. The Balaban J connectivity index is 2.30. The van der Waals surface area contributed by atoms with Gasteiger partial charge in [-0.2, -0.15) is 0 Å². The molecule has 1 aromatic carbocycles. The van der Waals surface area contributed by atoms with Crippen LogP contribution < -0.4 is 16.0 Å². The highest BCUT2D eigenvalue weighted by atomic mass is 79.9. The molecule has 0 saturated heterocycles. The smallest absolute Gasteiger partial charge is 0.315 e. The fourth-order valence-corrected chi connectivity index (χ4v) is 2.20. The maximum Gasteiger partial charge on any atom is 0.315 e. The number of aromatic nitrogens is 1. The van der Waals surface area contributed by atoms with Crippen LogP contribution in [0.5, 0.6) is 5.75 Å². The highest BCUT2D eigenvalue weighted by molar-refractivity contribution is 9.10. The van der Waals surface area contributed by atoms with Crippen LogP contribution in [0.4, 0.5) is 15.9 Å². The predicted octanol–water partition coefficient (Wildman–Crippen LogP) is 2.76. The Morgan fingerprint density at radius 1 is 1.52 bits per heavy atom. The zero-order valence-electron chi connectivity index (χ0n) is 10.5. The molecule has 0 unspecified atom stereocenters. The van der Waals surface area contributed by atoms with E-state index < -0.39 is 16.4 Å². The van der Waals surface area contributed by atoms with Crippen LogP contribution in [0.2, 0.25) is 0 Å². The maximum atomic E-state index is 13.2. The molecule has 2 rings (SSSR count). The van der Waals surface area contributed by atoms with E-state index in [0.717, 1.165) is 12.1 Å². The summed E-state index contributed by atoms with van der Waals surface area (Å²) in [7, 11) is 0. The summed E-state index contributed by atoms with van der Waals surface area (Å²) in [5.41, 5.74) is 2.53. The van der Waals surface area contributed by atoms with Crippen molar-refractivity contribution in [3.8, 4) is 5.75 Å². The fraction of sp³-hybridized carbons (Fsp3) is 0.0833. The van der Waals surface area contributed by atoms with Crippen LogP contribution in [0.3, 0.4) is 0 Å². The first-order valence-electron chi connectivity index (χ1n) is 5.69. The van der Waals surface area contributed by atoms with Crippen LogP contribution in [0.25, 0.3) is 0 Å². The van der Waals surface area contributed by atoms with Gasteiger partial charge in [-0.15, -0.1) is 0 Å². The summed E-state index contributed by atoms with van der Waals surface area (Å²) < 4.78 is 18.8. The van der Waals surface area contributed by atoms with Gasteiger partial charge in [-0.3, -0.25) is 10.1 Å². The molecular weight excluding hydrogens is 347 g/mol. The Labute approximate surface area is 127 Å². The van der Waals surface area contributed by atoms with Crippen molar-refractivity contribution in [3.05, 3.63) is 56.4 Å². The molecule has 0 amide bonds. The molecule has 0 aliphatic heterocycles. The maximum absolute atomic E-state index is 13.2. The predicted molar refractivity (Wildman–Crippen MR) is 77.1 cm³/mol. The van der Waals surface area contributed by atoms with Crippen LogP contribution in [-0.4, -0.2) is 9.91 Å². The number of rotatable bonds is 5. The molecule has 0 spiro atoms. The van der Waals surface area contributed by atoms with Crippen LogP contribution >= 0.6 is 15.9 Å². The summed E-state index contributed by atoms with van der Waals surface area (Å²) in [6.07, 6.45) is 1.54. The third-order valence-electron chi connectivity index (χ3n) is 2.59. The third-order valence-corrected chi connectivity index (χ3v) is 3.17. The summed E-state index contributed by atoms with van der Waals surface area (Å²) >= 11 is 3.05. The van der Waals surface area contributed by atoms with Gasteiger partial charge in [0.1, 0.15) is 18.2 Å². The van der Waals surface area contributed by atoms with Crippen LogP contribution in [0, 0.1) is 15.9 Å². The number of nitro benzene ring substituents is 1. The van der Waals surface area contributed by atoms with Gasteiger partial charge in [0.15, 0.2) is 0 Å². The second-order valence-electron chi connectivity index (χ2n) is 3.94. The van der Waals surface area contributed by atoms with E-state index in [1.54, 1.807) is 12.1 Å². The van der Waals surface area contributed by atoms with Crippen molar-refractivity contribution in [3.63, 3.8) is 0 Å². The van der Waals surface area contributed by atoms with Crippen molar-refractivity contribution >= 4 is 27.4 Å². The zero-order chi connectivity index (χ0) is 15.4. The molecule has 0 fully saturated rings. The molecule has 110 valence electrons. The Hall–Kier alpha value is -2.26. The quantitative estimate of drug-likeness (QED) is 0.485. The van der Waals surface area contributed by atoms with E-state index in [-0.39, 0.29) is 16.8 Å². The first kappa shape index (κ1) is 15.1. The van der Waals surface area contributed by atoms with Crippen molar-refractivity contribution in [2.24, 2.45) is 5.84 Å². The molecule has 3 N–H and O–H groups in total. The summed E-state index contributed by atoms with van der Waals surface area (Å²) in [4.78, 5) is 14.2. The molecule has 0 atom stereocenters. The highest BCUT2D eigenvalue weighted by Crippen LogP contribution is 2.36. The average molecular weight is 357 g/mol. The number of benzene rings is 1. The van der Waals surface area contributed by atoms with Gasteiger partial charge in [0.05, 0.1) is 15.5 Å². The van der Waals surface area contributed by atoms with Gasteiger partial charge in [0.2, 0.25) is 5.75 Å². The molecule has 1 aromatic heterocycles. The van der Waals surface area contributed by atoms with Gasteiger partial charge in [-0.1, -0.05) is 6.07 Å². The molecule has 7 nitrogen and oxygen atoms in total. The number of halogens is 2. The van der Waals surface area contributed by atoms with Gasteiger partial charge in [-0.05, 0) is 28.1 Å². The number of nitrogen functional groups attached to an aromatic ring is 1. The van der Waals surface area contributed by atoms with Crippen molar-refractivity contribution in [2.45, 2.75) is 6.61 Å². The number of nitrogens with two attached hydrogens (primary N) is 1. The zero-order valence-corrected chi connectivity index (χ0v) is 12.1. The molecule has 0 saturated carbocycles. The Bertz CT molecular complexity index is 684. The van der Waals surface area contributed by atoms with Gasteiger partial charge < -0.3 is 10.2 Å². The number of ether oxygens (including phenoxy) is 1. The second kappa shape index (κ2) is 6.46. The summed E-state index contributed by atoms with van der Waals surface area (Å²) in [6.45, 7) is -0.0154. The Morgan fingerprint density at radius 3 is 2.95 bits per heavy atom.